The zero-order valence-corrected chi connectivity index (χ0v) is 12.8. The van der Waals surface area contributed by atoms with Crippen LogP contribution in [0.2, 0.25) is 0 Å². The second-order valence-electron chi connectivity index (χ2n) is 4.75. The Morgan fingerprint density at radius 1 is 1.23 bits per heavy atom. The molecule has 0 atom stereocenters. The molecule has 4 aromatic rings. The summed E-state index contributed by atoms with van der Waals surface area (Å²) in [6.07, 6.45) is 1.64. The summed E-state index contributed by atoms with van der Waals surface area (Å²) in [5.74, 6) is 2.28. The number of hydrogen-bond donors (Lipinski definition) is 0. The van der Waals surface area contributed by atoms with Crippen LogP contribution in [0.1, 0.15) is 5.76 Å². The molecule has 22 heavy (non-hydrogen) atoms. The minimum Gasteiger partial charge on any atom is -0.497 e. The van der Waals surface area contributed by atoms with Crippen molar-refractivity contribution in [2.75, 3.05) is 7.11 Å². The van der Waals surface area contributed by atoms with Gasteiger partial charge in [-0.15, -0.1) is 10.2 Å². The molecular formula is C15H12N4O2S. The lowest BCUT2D eigenvalue weighted by Gasteiger charge is -2.00. The largest absolute Gasteiger partial charge is 0.497 e. The number of benzene rings is 1. The Bertz CT molecular complexity index is 953. The first kappa shape index (κ1) is 13.0. The van der Waals surface area contributed by atoms with Crippen molar-refractivity contribution in [3.8, 4) is 27.7 Å². The SMILES string of the molecule is COc1cccc(-c2nn3c(-c4ccoc4C)nnc3s2)c1. The van der Waals surface area contributed by atoms with E-state index in [1.807, 2.05) is 37.3 Å². The number of hydrogen-bond acceptors (Lipinski definition) is 6. The normalized spacial score (nSPS) is 11.2. The van der Waals surface area contributed by atoms with Gasteiger partial charge in [-0.05, 0) is 25.1 Å². The first-order chi connectivity index (χ1) is 10.8. The van der Waals surface area contributed by atoms with Gasteiger partial charge in [0.25, 0.3) is 0 Å². The molecule has 3 aromatic heterocycles. The van der Waals surface area contributed by atoms with Crippen LogP contribution in [0, 0.1) is 6.92 Å². The minimum absolute atomic E-state index is 0.687. The van der Waals surface area contributed by atoms with Gasteiger partial charge in [0.05, 0.1) is 18.9 Å². The topological polar surface area (TPSA) is 65.5 Å². The summed E-state index contributed by atoms with van der Waals surface area (Å²) in [5, 5.41) is 13.9. The molecule has 110 valence electrons. The smallest absolute Gasteiger partial charge is 0.235 e. The number of nitrogens with zero attached hydrogens (tertiary/aromatic N) is 4. The van der Waals surface area contributed by atoms with Crippen molar-refractivity contribution >= 4 is 16.3 Å². The van der Waals surface area contributed by atoms with Crippen LogP contribution in [-0.4, -0.2) is 26.9 Å². The van der Waals surface area contributed by atoms with E-state index in [9.17, 15) is 0 Å². The number of furan rings is 1. The van der Waals surface area contributed by atoms with Crippen LogP contribution in [0.5, 0.6) is 5.75 Å². The third kappa shape index (κ3) is 1.98. The van der Waals surface area contributed by atoms with Gasteiger partial charge < -0.3 is 9.15 Å². The van der Waals surface area contributed by atoms with E-state index in [0.717, 1.165) is 32.6 Å². The molecule has 7 heteroatoms. The van der Waals surface area contributed by atoms with Gasteiger partial charge in [0.1, 0.15) is 16.5 Å². The second-order valence-corrected chi connectivity index (χ2v) is 5.70. The summed E-state index contributed by atoms with van der Waals surface area (Å²) in [7, 11) is 1.65. The first-order valence-corrected chi connectivity index (χ1v) is 7.49. The molecule has 6 nitrogen and oxygen atoms in total. The highest BCUT2D eigenvalue weighted by Crippen LogP contribution is 2.30. The molecule has 0 unspecified atom stereocenters. The molecule has 0 radical (unpaired) electrons. The molecule has 4 rings (SSSR count). The zero-order valence-electron chi connectivity index (χ0n) is 12.0. The lowest BCUT2D eigenvalue weighted by molar-refractivity contribution is 0.415. The third-order valence-electron chi connectivity index (χ3n) is 3.41. The number of aryl methyl sites for hydroxylation is 1. The maximum atomic E-state index is 5.34. The van der Waals surface area contributed by atoms with Crippen LogP contribution < -0.4 is 4.74 Å². The van der Waals surface area contributed by atoms with E-state index in [0.29, 0.717) is 5.82 Å². The molecule has 0 aliphatic heterocycles. The third-order valence-corrected chi connectivity index (χ3v) is 4.36. The van der Waals surface area contributed by atoms with Crippen LogP contribution in [-0.2, 0) is 0 Å². The van der Waals surface area contributed by atoms with E-state index in [1.165, 1.54) is 11.3 Å². The number of fused-ring (bicyclic) bond motifs is 1. The van der Waals surface area contributed by atoms with E-state index < -0.39 is 0 Å². The van der Waals surface area contributed by atoms with Crippen molar-refractivity contribution in [2.24, 2.45) is 0 Å². The fourth-order valence-electron chi connectivity index (χ4n) is 2.27. The molecule has 3 heterocycles. The van der Waals surface area contributed by atoms with Gasteiger partial charge in [-0.25, -0.2) is 0 Å². The van der Waals surface area contributed by atoms with Crippen LogP contribution >= 0.6 is 11.3 Å². The fraction of sp³-hybridized carbons (Fsp3) is 0.133. The van der Waals surface area contributed by atoms with Crippen molar-refractivity contribution in [1.29, 1.82) is 0 Å². The molecule has 0 bridgehead atoms. The number of aromatic nitrogens is 4. The van der Waals surface area contributed by atoms with Crippen LogP contribution in [0.25, 0.3) is 26.9 Å². The summed E-state index contributed by atoms with van der Waals surface area (Å²) in [6.45, 7) is 1.89. The summed E-state index contributed by atoms with van der Waals surface area (Å²) in [4.78, 5) is 0.744. The summed E-state index contributed by atoms with van der Waals surface area (Å²) < 4.78 is 12.3. The van der Waals surface area contributed by atoms with Crippen LogP contribution in [0.3, 0.4) is 0 Å². The molecule has 0 N–H and O–H groups in total. The predicted molar refractivity (Wildman–Crippen MR) is 83.1 cm³/mol. The van der Waals surface area contributed by atoms with Crippen molar-refractivity contribution < 1.29 is 9.15 Å². The van der Waals surface area contributed by atoms with E-state index in [2.05, 4.69) is 15.3 Å². The van der Waals surface area contributed by atoms with Crippen molar-refractivity contribution in [1.82, 2.24) is 19.8 Å². The molecule has 0 saturated heterocycles. The number of methoxy groups -OCH3 is 1. The quantitative estimate of drug-likeness (QED) is 0.580. The predicted octanol–water partition coefficient (Wildman–Crippen LogP) is 3.43. The first-order valence-electron chi connectivity index (χ1n) is 6.67. The van der Waals surface area contributed by atoms with Gasteiger partial charge in [-0.2, -0.15) is 9.61 Å². The molecule has 0 aliphatic carbocycles. The van der Waals surface area contributed by atoms with E-state index in [-0.39, 0.29) is 0 Å². The molecule has 0 amide bonds. The lowest BCUT2D eigenvalue weighted by Crippen LogP contribution is -1.91. The highest BCUT2D eigenvalue weighted by molar-refractivity contribution is 7.19. The average Bonchev–Trinajstić information content (AvgIpc) is 3.22. The molecule has 0 aliphatic rings. The van der Waals surface area contributed by atoms with Gasteiger partial charge in [0, 0.05) is 5.56 Å². The van der Waals surface area contributed by atoms with E-state index in [1.54, 1.807) is 17.9 Å². The fourth-order valence-corrected chi connectivity index (χ4v) is 3.11. The summed E-state index contributed by atoms with van der Waals surface area (Å²) >= 11 is 1.49. The standard InChI is InChI=1S/C15H12N4O2S/c1-9-12(6-7-21-9)13-16-17-15-19(13)18-14(22-15)10-4-3-5-11(8-10)20-2/h3-8H,1-2H3. The Morgan fingerprint density at radius 2 is 2.14 bits per heavy atom. The Balaban J connectivity index is 1.85. The Hall–Kier alpha value is -2.67. The zero-order chi connectivity index (χ0) is 15.1. The maximum Gasteiger partial charge on any atom is 0.235 e. The number of rotatable bonds is 3. The molecule has 1 aromatic carbocycles. The van der Waals surface area contributed by atoms with Crippen molar-refractivity contribution in [3.63, 3.8) is 0 Å². The van der Waals surface area contributed by atoms with Gasteiger partial charge in [0.2, 0.25) is 4.96 Å². The maximum absolute atomic E-state index is 5.34. The summed E-state index contributed by atoms with van der Waals surface area (Å²) in [6, 6.07) is 9.67. The number of ether oxygens (including phenoxy) is 1. The van der Waals surface area contributed by atoms with Crippen molar-refractivity contribution in [3.05, 3.63) is 42.4 Å². The van der Waals surface area contributed by atoms with Gasteiger partial charge in [0.15, 0.2) is 5.82 Å². The highest BCUT2D eigenvalue weighted by Gasteiger charge is 2.17. The lowest BCUT2D eigenvalue weighted by atomic mass is 10.2. The second kappa shape index (κ2) is 4.96. The van der Waals surface area contributed by atoms with E-state index in [4.69, 9.17) is 9.15 Å². The Morgan fingerprint density at radius 3 is 2.91 bits per heavy atom. The minimum atomic E-state index is 0.687. The molecular weight excluding hydrogens is 300 g/mol. The van der Waals surface area contributed by atoms with Gasteiger partial charge >= 0.3 is 0 Å². The monoisotopic (exact) mass is 312 g/mol. The van der Waals surface area contributed by atoms with Gasteiger partial charge in [-0.1, -0.05) is 23.5 Å². The van der Waals surface area contributed by atoms with Crippen LogP contribution in [0.15, 0.2) is 41.0 Å². The highest BCUT2D eigenvalue weighted by atomic mass is 32.1. The molecule has 0 fully saturated rings. The Kier molecular flexibility index (Phi) is 2.93. The Labute approximate surface area is 130 Å². The van der Waals surface area contributed by atoms with Gasteiger partial charge in [-0.3, -0.25) is 0 Å². The van der Waals surface area contributed by atoms with Crippen LogP contribution in [0.4, 0.5) is 0 Å². The van der Waals surface area contributed by atoms with E-state index >= 15 is 0 Å². The summed E-state index contributed by atoms with van der Waals surface area (Å²) in [5.41, 5.74) is 1.89. The molecule has 0 spiro atoms. The average molecular weight is 312 g/mol. The van der Waals surface area contributed by atoms with Crippen molar-refractivity contribution in [2.45, 2.75) is 6.92 Å². The molecule has 0 saturated carbocycles.